The van der Waals surface area contributed by atoms with Gasteiger partial charge in [0.05, 0.1) is 16.9 Å². The molecular weight excluding hydrogens is 539 g/mol. The van der Waals surface area contributed by atoms with Crippen molar-refractivity contribution in [1.29, 1.82) is 0 Å². The van der Waals surface area contributed by atoms with Crippen molar-refractivity contribution in [2.24, 2.45) is 7.05 Å². The summed E-state index contributed by atoms with van der Waals surface area (Å²) in [6.45, 7) is 2.80. The van der Waals surface area contributed by atoms with Crippen molar-refractivity contribution < 1.29 is 19.0 Å². The van der Waals surface area contributed by atoms with Gasteiger partial charge in [0.2, 0.25) is 11.8 Å². The molecule has 0 aliphatic carbocycles. The molecule has 1 fully saturated rings. The highest BCUT2D eigenvalue weighted by atomic mass is 19.1. The van der Waals surface area contributed by atoms with Crippen LogP contribution in [0.1, 0.15) is 18.4 Å². The topological polar surface area (TPSA) is 130 Å². The van der Waals surface area contributed by atoms with Gasteiger partial charge in [-0.2, -0.15) is 5.10 Å². The van der Waals surface area contributed by atoms with Gasteiger partial charge in [0.25, 0.3) is 0 Å². The number of pyridine rings is 1. The van der Waals surface area contributed by atoms with Gasteiger partial charge in [-0.15, -0.1) is 0 Å². The minimum absolute atomic E-state index is 0.0951. The number of carboxylic acid groups (broad SMARTS) is 1. The van der Waals surface area contributed by atoms with Gasteiger partial charge < -0.3 is 25.4 Å². The fraction of sp³-hybridized carbons (Fsp3) is 0.233. The molecule has 1 atom stereocenters. The van der Waals surface area contributed by atoms with E-state index in [1.165, 1.54) is 11.0 Å². The summed E-state index contributed by atoms with van der Waals surface area (Å²) in [4.78, 5) is 26.4. The van der Waals surface area contributed by atoms with E-state index in [0.29, 0.717) is 64.2 Å². The van der Waals surface area contributed by atoms with Gasteiger partial charge in [0.1, 0.15) is 11.6 Å². The first-order chi connectivity index (χ1) is 20.4. The van der Waals surface area contributed by atoms with Crippen molar-refractivity contribution in [3.05, 3.63) is 78.5 Å². The first-order valence-corrected chi connectivity index (χ1v) is 13.5. The number of fused-ring (bicyclic) bond motifs is 1. The van der Waals surface area contributed by atoms with E-state index < -0.39 is 11.9 Å². The maximum Gasteiger partial charge on any atom is 0.407 e. The van der Waals surface area contributed by atoms with Crippen LogP contribution >= 0.6 is 0 Å². The Kier molecular flexibility index (Phi) is 7.26. The number of aryl methyl sites for hydroxylation is 2. The lowest BCUT2D eigenvalue weighted by atomic mass is 10.0. The van der Waals surface area contributed by atoms with E-state index >= 15 is 4.39 Å². The van der Waals surface area contributed by atoms with Gasteiger partial charge in [-0.1, -0.05) is 12.1 Å². The van der Waals surface area contributed by atoms with Crippen molar-refractivity contribution in [1.82, 2.24) is 29.6 Å². The number of piperidine rings is 1. The van der Waals surface area contributed by atoms with Crippen molar-refractivity contribution in [2.45, 2.75) is 25.8 Å². The molecule has 3 aromatic heterocycles. The molecule has 1 amide bonds. The Bertz CT molecular complexity index is 1780. The molecule has 4 heterocycles. The number of rotatable bonds is 7. The average Bonchev–Trinajstić information content (AvgIpc) is 3.41. The van der Waals surface area contributed by atoms with Crippen LogP contribution in [0.4, 0.5) is 26.6 Å². The lowest BCUT2D eigenvalue weighted by Crippen LogP contribution is -2.44. The third-order valence-electron chi connectivity index (χ3n) is 7.19. The molecule has 1 aliphatic rings. The fourth-order valence-corrected chi connectivity index (χ4v) is 5.13. The zero-order chi connectivity index (χ0) is 29.2. The van der Waals surface area contributed by atoms with E-state index in [1.807, 2.05) is 25.1 Å². The predicted molar refractivity (Wildman–Crippen MR) is 157 cm³/mol. The second kappa shape index (κ2) is 11.3. The van der Waals surface area contributed by atoms with Crippen molar-refractivity contribution in [3.8, 4) is 22.9 Å². The minimum atomic E-state index is -0.931. The molecule has 2 aromatic carbocycles. The van der Waals surface area contributed by atoms with E-state index in [-0.39, 0.29) is 6.04 Å². The van der Waals surface area contributed by atoms with Crippen LogP contribution in [0, 0.1) is 12.7 Å². The number of hydrogen-bond acceptors (Lipinski definition) is 8. The molecule has 0 spiro atoms. The van der Waals surface area contributed by atoms with Crippen LogP contribution in [-0.4, -0.2) is 60.0 Å². The quantitative estimate of drug-likeness (QED) is 0.218. The van der Waals surface area contributed by atoms with E-state index in [4.69, 9.17) is 9.72 Å². The Labute approximate surface area is 241 Å². The highest BCUT2D eigenvalue weighted by Gasteiger charge is 2.24. The summed E-state index contributed by atoms with van der Waals surface area (Å²) in [6.07, 6.45) is 5.70. The zero-order valence-corrected chi connectivity index (χ0v) is 23.1. The van der Waals surface area contributed by atoms with Crippen LogP contribution < -0.4 is 15.4 Å². The molecule has 42 heavy (non-hydrogen) atoms. The summed E-state index contributed by atoms with van der Waals surface area (Å²) < 4.78 is 23.1. The molecule has 1 aliphatic heterocycles. The SMILES string of the molecule is Cc1ccc2c(Nc3ccn(C)n3)c(F)ccc2c1Oc1ncccc1-c1ccnc(NC2CCCN(C(=O)O)C2)n1. The van der Waals surface area contributed by atoms with Gasteiger partial charge in [0.15, 0.2) is 5.82 Å². The number of anilines is 3. The largest absolute Gasteiger partial charge is 0.465 e. The summed E-state index contributed by atoms with van der Waals surface area (Å²) in [5, 5.41) is 21.4. The molecule has 11 nitrogen and oxygen atoms in total. The molecule has 5 aromatic rings. The predicted octanol–water partition coefficient (Wildman–Crippen LogP) is 5.96. The number of amides is 1. The second-order valence-electron chi connectivity index (χ2n) is 10.2. The highest BCUT2D eigenvalue weighted by molar-refractivity contribution is 6.00. The molecule has 12 heteroatoms. The minimum Gasteiger partial charge on any atom is -0.465 e. The number of aromatic nitrogens is 5. The summed E-state index contributed by atoms with van der Waals surface area (Å²) in [6, 6.07) is 13.9. The monoisotopic (exact) mass is 568 g/mol. The van der Waals surface area contributed by atoms with Crippen LogP contribution in [0.3, 0.4) is 0 Å². The van der Waals surface area contributed by atoms with Gasteiger partial charge in [-0.3, -0.25) is 4.68 Å². The van der Waals surface area contributed by atoms with E-state index in [2.05, 4.69) is 25.7 Å². The zero-order valence-electron chi connectivity index (χ0n) is 23.1. The van der Waals surface area contributed by atoms with Crippen LogP contribution in [-0.2, 0) is 7.05 Å². The van der Waals surface area contributed by atoms with Crippen molar-refractivity contribution in [2.75, 3.05) is 23.7 Å². The summed E-state index contributed by atoms with van der Waals surface area (Å²) in [5.74, 6) is 1.38. The highest BCUT2D eigenvalue weighted by Crippen LogP contribution is 2.40. The first kappa shape index (κ1) is 26.9. The third kappa shape index (κ3) is 5.51. The Morgan fingerprint density at radius 3 is 2.76 bits per heavy atom. The first-order valence-electron chi connectivity index (χ1n) is 13.5. The Morgan fingerprint density at radius 2 is 1.95 bits per heavy atom. The molecule has 0 saturated carbocycles. The summed E-state index contributed by atoms with van der Waals surface area (Å²) in [7, 11) is 1.80. The van der Waals surface area contributed by atoms with Crippen LogP contribution in [0.25, 0.3) is 22.0 Å². The van der Waals surface area contributed by atoms with Gasteiger partial charge in [-0.25, -0.2) is 24.1 Å². The molecule has 3 N–H and O–H groups in total. The lowest BCUT2D eigenvalue weighted by Gasteiger charge is -2.31. The van der Waals surface area contributed by atoms with Crippen LogP contribution in [0.2, 0.25) is 0 Å². The van der Waals surface area contributed by atoms with Gasteiger partial charge in [0, 0.05) is 61.6 Å². The van der Waals surface area contributed by atoms with Crippen LogP contribution in [0.5, 0.6) is 11.6 Å². The third-order valence-corrected chi connectivity index (χ3v) is 7.19. The summed E-state index contributed by atoms with van der Waals surface area (Å²) in [5.41, 5.74) is 2.37. The maximum atomic E-state index is 15.0. The Morgan fingerprint density at radius 1 is 1.10 bits per heavy atom. The Hall–Kier alpha value is -5.26. The van der Waals surface area contributed by atoms with E-state index in [0.717, 1.165) is 18.4 Å². The van der Waals surface area contributed by atoms with Gasteiger partial charge in [-0.05, 0) is 55.7 Å². The van der Waals surface area contributed by atoms with E-state index in [1.54, 1.807) is 54.6 Å². The molecule has 1 unspecified atom stereocenters. The number of hydrogen-bond donors (Lipinski definition) is 3. The van der Waals surface area contributed by atoms with Crippen LogP contribution in [0.15, 0.2) is 67.1 Å². The van der Waals surface area contributed by atoms with Crippen molar-refractivity contribution in [3.63, 3.8) is 0 Å². The number of likely N-dealkylation sites (tertiary alicyclic amines) is 1. The number of halogens is 1. The number of nitrogens with zero attached hydrogens (tertiary/aromatic N) is 6. The maximum absolute atomic E-state index is 15.0. The number of benzene rings is 2. The van der Waals surface area contributed by atoms with E-state index in [9.17, 15) is 9.90 Å². The number of nitrogens with one attached hydrogen (secondary N) is 2. The van der Waals surface area contributed by atoms with Gasteiger partial charge >= 0.3 is 6.09 Å². The molecule has 1 saturated heterocycles. The fourth-order valence-electron chi connectivity index (χ4n) is 5.13. The molecule has 0 radical (unpaired) electrons. The molecular formula is C30H29FN8O3. The standard InChI is InChI=1S/C30H29FN8O3/c1-18-7-8-20-21(9-10-23(31)26(20)36-25-12-16-38(2)37-25)27(18)42-28-22(6-3-13-32-28)24-11-14-33-29(35-24)34-19-5-4-15-39(17-19)30(40)41/h3,6-14,16,19H,4-5,15,17H2,1-2H3,(H,36,37)(H,40,41)(H,33,34,35). The molecule has 214 valence electrons. The average molecular weight is 569 g/mol. The second-order valence-corrected chi connectivity index (χ2v) is 10.2. The Balaban J connectivity index is 1.32. The summed E-state index contributed by atoms with van der Waals surface area (Å²) >= 11 is 0. The van der Waals surface area contributed by atoms with Crippen molar-refractivity contribution >= 4 is 34.3 Å². The smallest absolute Gasteiger partial charge is 0.407 e. The number of carbonyl (C=O) groups is 1. The molecule has 0 bridgehead atoms. The number of ether oxygens (including phenoxy) is 1. The molecule has 6 rings (SSSR count). The normalized spacial score (nSPS) is 15.0. The lowest BCUT2D eigenvalue weighted by molar-refractivity contribution is 0.132.